The van der Waals surface area contributed by atoms with Gasteiger partial charge in [0.15, 0.2) is 0 Å². The van der Waals surface area contributed by atoms with Crippen LogP contribution in [0.3, 0.4) is 0 Å². The Morgan fingerprint density at radius 1 is 1.21 bits per heavy atom. The molecule has 0 amide bonds. The van der Waals surface area contributed by atoms with E-state index in [0.717, 1.165) is 0 Å². The molecule has 0 aliphatic heterocycles. The lowest BCUT2D eigenvalue weighted by atomic mass is 10.1. The van der Waals surface area contributed by atoms with Gasteiger partial charge in [0.1, 0.15) is 0 Å². The van der Waals surface area contributed by atoms with E-state index >= 15 is 0 Å². The number of rotatable bonds is 6. The molecule has 0 aliphatic carbocycles. The highest BCUT2D eigenvalue weighted by Crippen LogP contribution is 2.22. The summed E-state index contributed by atoms with van der Waals surface area (Å²) in [6, 6.07) is 5.59. The van der Waals surface area contributed by atoms with Gasteiger partial charge >= 0.3 is 0 Å². The minimum absolute atomic E-state index is 0.555. The number of thiophene rings is 1. The van der Waals surface area contributed by atoms with Crippen LogP contribution < -0.4 is 5.32 Å². The lowest BCUT2D eigenvalue weighted by Crippen LogP contribution is -2.31. The first-order valence-electron chi connectivity index (χ1n) is 5.61. The minimum atomic E-state index is 0.555. The molecule has 0 aliphatic rings. The molecular weight excluding hydrogens is 190 g/mol. The Hall–Kier alpha value is -0.340. The largest absolute Gasteiger partial charge is 0.306 e. The molecule has 1 aromatic rings. The van der Waals surface area contributed by atoms with Crippen molar-refractivity contribution in [2.75, 3.05) is 0 Å². The summed E-state index contributed by atoms with van der Waals surface area (Å²) in [6.07, 6.45) is 3.62. The molecule has 1 unspecified atom stereocenters. The predicted molar refractivity (Wildman–Crippen MR) is 64.9 cm³/mol. The van der Waals surface area contributed by atoms with Crippen molar-refractivity contribution in [2.45, 2.75) is 52.1 Å². The van der Waals surface area contributed by atoms with Crippen LogP contribution in [0.2, 0.25) is 0 Å². The average molecular weight is 211 g/mol. The third-order valence-corrected chi connectivity index (χ3v) is 3.70. The molecule has 0 bridgehead atoms. The van der Waals surface area contributed by atoms with Crippen LogP contribution in [0, 0.1) is 0 Å². The highest BCUT2D eigenvalue weighted by atomic mass is 32.1. The van der Waals surface area contributed by atoms with Crippen LogP contribution in [-0.2, 0) is 0 Å². The van der Waals surface area contributed by atoms with E-state index < -0.39 is 0 Å². The summed E-state index contributed by atoms with van der Waals surface area (Å²) in [6.45, 7) is 6.75. The first kappa shape index (κ1) is 11.7. The number of hydrogen-bond acceptors (Lipinski definition) is 2. The molecule has 80 valence electrons. The summed E-state index contributed by atoms with van der Waals surface area (Å²) in [5, 5.41) is 5.88. The Balaban J connectivity index is 2.55. The van der Waals surface area contributed by atoms with Gasteiger partial charge in [-0.3, -0.25) is 0 Å². The van der Waals surface area contributed by atoms with Crippen LogP contribution in [0.25, 0.3) is 0 Å². The normalized spacial score (nSPS) is 13.4. The third kappa shape index (κ3) is 3.10. The van der Waals surface area contributed by atoms with Crippen LogP contribution in [-0.4, -0.2) is 6.04 Å². The van der Waals surface area contributed by atoms with Gasteiger partial charge in [0.05, 0.1) is 0 Å². The van der Waals surface area contributed by atoms with Gasteiger partial charge in [-0.15, -0.1) is 11.3 Å². The topological polar surface area (TPSA) is 12.0 Å². The molecule has 0 radical (unpaired) electrons. The number of nitrogens with one attached hydrogen (secondary N) is 1. The molecule has 0 saturated heterocycles. The smallest absolute Gasteiger partial charge is 0.0414 e. The first-order chi connectivity index (χ1) is 6.81. The quantitative estimate of drug-likeness (QED) is 0.750. The Morgan fingerprint density at radius 2 is 1.93 bits per heavy atom. The molecule has 14 heavy (non-hydrogen) atoms. The molecule has 1 atom stereocenters. The highest BCUT2D eigenvalue weighted by Gasteiger charge is 2.13. The fourth-order valence-electron chi connectivity index (χ4n) is 1.70. The third-order valence-electron chi connectivity index (χ3n) is 2.72. The lowest BCUT2D eigenvalue weighted by molar-refractivity contribution is 0.411. The van der Waals surface area contributed by atoms with Crippen molar-refractivity contribution in [2.24, 2.45) is 0 Å². The molecule has 0 aromatic carbocycles. The Bertz CT molecular complexity index is 226. The van der Waals surface area contributed by atoms with Crippen molar-refractivity contribution in [3.05, 3.63) is 22.4 Å². The lowest BCUT2D eigenvalue weighted by Gasteiger charge is -2.22. The molecule has 0 fully saturated rings. The van der Waals surface area contributed by atoms with Gasteiger partial charge in [-0.2, -0.15) is 0 Å². The molecule has 1 rings (SSSR count). The molecule has 1 N–H and O–H groups in total. The monoisotopic (exact) mass is 211 g/mol. The van der Waals surface area contributed by atoms with Crippen LogP contribution in [0.15, 0.2) is 17.5 Å². The summed E-state index contributed by atoms with van der Waals surface area (Å²) < 4.78 is 0. The molecule has 1 heterocycles. The van der Waals surface area contributed by atoms with Gasteiger partial charge in [-0.25, -0.2) is 0 Å². The molecule has 1 aromatic heterocycles. The maximum Gasteiger partial charge on any atom is 0.0414 e. The van der Waals surface area contributed by atoms with Crippen LogP contribution in [0.1, 0.15) is 51.0 Å². The first-order valence-corrected chi connectivity index (χ1v) is 6.49. The van der Waals surface area contributed by atoms with E-state index in [-0.39, 0.29) is 0 Å². The van der Waals surface area contributed by atoms with Crippen molar-refractivity contribution in [3.8, 4) is 0 Å². The fraction of sp³-hybridized carbons (Fsp3) is 0.667. The Morgan fingerprint density at radius 3 is 2.36 bits per heavy atom. The predicted octanol–water partition coefficient (Wildman–Crippen LogP) is 3.98. The van der Waals surface area contributed by atoms with Crippen molar-refractivity contribution in [1.29, 1.82) is 0 Å². The van der Waals surface area contributed by atoms with Crippen LogP contribution in [0.5, 0.6) is 0 Å². The maximum atomic E-state index is 3.72. The molecule has 2 heteroatoms. The molecule has 0 spiro atoms. The SMILES string of the molecule is CCC(CC)NC(CC)c1cccs1. The van der Waals surface area contributed by atoms with Gasteiger partial charge in [0.2, 0.25) is 0 Å². The van der Waals surface area contributed by atoms with E-state index in [0.29, 0.717) is 12.1 Å². The van der Waals surface area contributed by atoms with E-state index in [2.05, 4.69) is 43.6 Å². The van der Waals surface area contributed by atoms with Crippen molar-refractivity contribution < 1.29 is 0 Å². The van der Waals surface area contributed by atoms with Gasteiger partial charge in [-0.05, 0) is 30.7 Å². The Kier molecular flexibility index (Phi) is 5.20. The van der Waals surface area contributed by atoms with Crippen molar-refractivity contribution >= 4 is 11.3 Å². The second-order valence-electron chi connectivity index (χ2n) is 3.66. The maximum absolute atomic E-state index is 3.72. The van der Waals surface area contributed by atoms with Crippen LogP contribution in [0.4, 0.5) is 0 Å². The average Bonchev–Trinajstić information content (AvgIpc) is 2.73. The van der Waals surface area contributed by atoms with Crippen LogP contribution >= 0.6 is 11.3 Å². The standard InChI is InChI=1S/C12H21NS/c1-4-10(5-2)13-11(6-3)12-8-7-9-14-12/h7-11,13H,4-6H2,1-3H3. The van der Waals surface area contributed by atoms with Gasteiger partial charge in [0.25, 0.3) is 0 Å². The summed E-state index contributed by atoms with van der Waals surface area (Å²) in [5.74, 6) is 0. The zero-order valence-electron chi connectivity index (χ0n) is 9.42. The summed E-state index contributed by atoms with van der Waals surface area (Å²) >= 11 is 1.86. The van der Waals surface area contributed by atoms with Crippen molar-refractivity contribution in [3.63, 3.8) is 0 Å². The van der Waals surface area contributed by atoms with E-state index in [1.54, 1.807) is 0 Å². The van der Waals surface area contributed by atoms with E-state index in [9.17, 15) is 0 Å². The highest BCUT2D eigenvalue weighted by molar-refractivity contribution is 7.10. The zero-order chi connectivity index (χ0) is 10.4. The fourth-order valence-corrected chi connectivity index (χ4v) is 2.57. The van der Waals surface area contributed by atoms with Crippen molar-refractivity contribution in [1.82, 2.24) is 5.32 Å². The summed E-state index contributed by atoms with van der Waals surface area (Å²) in [5.41, 5.74) is 0. The molecule has 1 nitrogen and oxygen atoms in total. The second kappa shape index (κ2) is 6.20. The summed E-state index contributed by atoms with van der Waals surface area (Å²) in [4.78, 5) is 1.47. The van der Waals surface area contributed by atoms with Gasteiger partial charge in [-0.1, -0.05) is 26.8 Å². The Labute approximate surface area is 91.5 Å². The number of hydrogen-bond donors (Lipinski definition) is 1. The van der Waals surface area contributed by atoms with Gasteiger partial charge in [0, 0.05) is 17.0 Å². The second-order valence-corrected chi connectivity index (χ2v) is 4.64. The van der Waals surface area contributed by atoms with E-state index in [1.165, 1.54) is 24.1 Å². The van der Waals surface area contributed by atoms with Gasteiger partial charge < -0.3 is 5.32 Å². The minimum Gasteiger partial charge on any atom is -0.306 e. The molecule has 0 saturated carbocycles. The molecular formula is C12H21NS. The zero-order valence-corrected chi connectivity index (χ0v) is 10.2. The van der Waals surface area contributed by atoms with E-state index in [1.807, 2.05) is 11.3 Å². The van der Waals surface area contributed by atoms with E-state index in [4.69, 9.17) is 0 Å². The summed E-state index contributed by atoms with van der Waals surface area (Å²) in [7, 11) is 0.